The lowest BCUT2D eigenvalue weighted by Gasteiger charge is -2.34. The molecule has 6 nitrogen and oxygen atoms in total. The molecule has 0 bridgehead atoms. The number of unbranched alkanes of at least 4 members (excludes halogenated alkanes) is 15. The molecule has 0 aromatic rings. The third-order valence-corrected chi connectivity index (χ3v) is 8.16. The van der Waals surface area contributed by atoms with Gasteiger partial charge in [0, 0.05) is 0 Å². The van der Waals surface area contributed by atoms with Gasteiger partial charge in [-0.2, -0.15) is 0 Å². The Balaban J connectivity index is 4.07. The van der Waals surface area contributed by atoms with Gasteiger partial charge in [0.05, 0.1) is 31.2 Å². The predicted octanol–water partition coefficient (Wildman–Crippen LogP) is 9.10. The van der Waals surface area contributed by atoms with Crippen molar-refractivity contribution in [1.29, 1.82) is 0 Å². The van der Waals surface area contributed by atoms with E-state index in [-0.39, 0.29) is 31.4 Å². The standard InChI is InChI=1S/C32H59BrO6/c1-7-9-10-11-12-13-14-15-16-17-18-19-20-21-22-23-24-39-28(34)27(33)25-32(5,30(36)37-6)26-31(3,4)29(35)38-8-2/h27H,7-26H2,1-6H3/t27-,32?/m0/s1. The Labute approximate surface area is 248 Å². The summed E-state index contributed by atoms with van der Waals surface area (Å²) in [5, 5.41) is 0. The molecule has 0 amide bonds. The fraction of sp³-hybridized carbons (Fsp3) is 0.906. The average Bonchev–Trinajstić information content (AvgIpc) is 2.89. The summed E-state index contributed by atoms with van der Waals surface area (Å²) in [6.45, 7) is 9.86. The Morgan fingerprint density at radius 2 is 1.10 bits per heavy atom. The first-order valence-electron chi connectivity index (χ1n) is 15.6. The molecule has 0 aliphatic carbocycles. The van der Waals surface area contributed by atoms with E-state index in [9.17, 15) is 14.4 Å². The third kappa shape index (κ3) is 18.0. The second kappa shape index (κ2) is 22.6. The van der Waals surface area contributed by atoms with Gasteiger partial charge < -0.3 is 14.2 Å². The fourth-order valence-electron chi connectivity index (χ4n) is 5.24. The van der Waals surface area contributed by atoms with Crippen LogP contribution in [0.5, 0.6) is 0 Å². The summed E-state index contributed by atoms with van der Waals surface area (Å²) in [5.41, 5.74) is -1.95. The topological polar surface area (TPSA) is 78.9 Å². The van der Waals surface area contributed by atoms with Crippen LogP contribution >= 0.6 is 15.9 Å². The van der Waals surface area contributed by atoms with Crippen molar-refractivity contribution in [3.05, 3.63) is 0 Å². The Hall–Kier alpha value is -1.11. The molecule has 230 valence electrons. The van der Waals surface area contributed by atoms with E-state index in [1.807, 2.05) is 0 Å². The van der Waals surface area contributed by atoms with Crippen LogP contribution in [0.4, 0.5) is 0 Å². The quantitative estimate of drug-likeness (QED) is 0.0439. The van der Waals surface area contributed by atoms with Gasteiger partial charge in [0.25, 0.3) is 0 Å². The van der Waals surface area contributed by atoms with Gasteiger partial charge in [-0.15, -0.1) is 0 Å². The molecule has 0 aliphatic heterocycles. The monoisotopic (exact) mass is 618 g/mol. The lowest BCUT2D eigenvalue weighted by atomic mass is 9.71. The first-order chi connectivity index (χ1) is 18.5. The Bertz CT molecular complexity index is 665. The number of hydrogen-bond acceptors (Lipinski definition) is 6. The number of rotatable bonds is 25. The van der Waals surface area contributed by atoms with Gasteiger partial charge in [0.15, 0.2) is 0 Å². The zero-order valence-electron chi connectivity index (χ0n) is 26.0. The summed E-state index contributed by atoms with van der Waals surface area (Å²) in [6.07, 6.45) is 21.1. The predicted molar refractivity (Wildman–Crippen MR) is 163 cm³/mol. The molecule has 0 aromatic carbocycles. The molecule has 0 fully saturated rings. The Morgan fingerprint density at radius 3 is 1.51 bits per heavy atom. The molecule has 0 saturated carbocycles. The van der Waals surface area contributed by atoms with E-state index in [2.05, 4.69) is 22.9 Å². The minimum atomic E-state index is -1.05. The smallest absolute Gasteiger partial charge is 0.319 e. The van der Waals surface area contributed by atoms with Gasteiger partial charge in [-0.25, -0.2) is 0 Å². The number of alkyl halides is 1. The number of methoxy groups -OCH3 is 1. The number of hydrogen-bond donors (Lipinski definition) is 0. The van der Waals surface area contributed by atoms with Gasteiger partial charge in [-0.05, 0) is 47.0 Å². The number of halogens is 1. The molecule has 0 heterocycles. The molecule has 0 saturated heterocycles. The van der Waals surface area contributed by atoms with E-state index < -0.39 is 21.6 Å². The molecule has 1 unspecified atom stereocenters. The molecule has 0 aliphatic rings. The lowest BCUT2D eigenvalue weighted by Crippen LogP contribution is -2.41. The van der Waals surface area contributed by atoms with Gasteiger partial charge in [-0.3, -0.25) is 14.4 Å². The normalized spacial score (nSPS) is 13.9. The molecule has 0 rings (SSSR count). The van der Waals surface area contributed by atoms with E-state index in [4.69, 9.17) is 14.2 Å². The highest BCUT2D eigenvalue weighted by atomic mass is 79.9. The van der Waals surface area contributed by atoms with Gasteiger partial charge in [0.2, 0.25) is 0 Å². The van der Waals surface area contributed by atoms with Crippen LogP contribution in [0.1, 0.15) is 150 Å². The van der Waals surface area contributed by atoms with E-state index in [1.54, 1.807) is 27.7 Å². The summed E-state index contributed by atoms with van der Waals surface area (Å²) in [4.78, 5) is 36.9. The molecule has 0 radical (unpaired) electrons. The second-order valence-electron chi connectivity index (χ2n) is 12.0. The van der Waals surface area contributed by atoms with Crippen LogP contribution < -0.4 is 0 Å². The average molecular weight is 620 g/mol. The van der Waals surface area contributed by atoms with Crippen LogP contribution in [0, 0.1) is 10.8 Å². The number of carbonyl (C=O) groups is 3. The maximum absolute atomic E-state index is 12.6. The van der Waals surface area contributed by atoms with Crippen LogP contribution in [0.3, 0.4) is 0 Å². The number of esters is 3. The van der Waals surface area contributed by atoms with Crippen molar-refractivity contribution in [2.24, 2.45) is 10.8 Å². The SMILES string of the molecule is CCCCCCCCCCCCCCCCCCOC(=O)[C@@H](Br)CC(C)(CC(C)(C)C(=O)OCC)C(=O)OC. The molecule has 0 aromatic heterocycles. The summed E-state index contributed by atoms with van der Waals surface area (Å²) in [6, 6.07) is 0. The summed E-state index contributed by atoms with van der Waals surface area (Å²) >= 11 is 3.40. The van der Waals surface area contributed by atoms with Crippen molar-refractivity contribution >= 4 is 33.8 Å². The van der Waals surface area contributed by atoms with Gasteiger partial charge in [0.1, 0.15) is 4.83 Å². The second-order valence-corrected chi connectivity index (χ2v) is 13.1. The first-order valence-corrected chi connectivity index (χ1v) is 16.5. The number of ether oxygens (including phenoxy) is 3. The van der Waals surface area contributed by atoms with Crippen molar-refractivity contribution in [3.63, 3.8) is 0 Å². The van der Waals surface area contributed by atoms with Crippen LogP contribution in [-0.4, -0.2) is 43.1 Å². The van der Waals surface area contributed by atoms with Crippen LogP contribution in [0.25, 0.3) is 0 Å². The fourth-order valence-corrected chi connectivity index (χ4v) is 6.09. The van der Waals surface area contributed by atoms with Crippen molar-refractivity contribution in [3.8, 4) is 0 Å². The van der Waals surface area contributed by atoms with Gasteiger partial charge in [-0.1, -0.05) is 119 Å². The maximum atomic E-state index is 12.6. The summed E-state index contributed by atoms with van der Waals surface area (Å²) < 4.78 is 15.7. The zero-order chi connectivity index (χ0) is 29.6. The zero-order valence-corrected chi connectivity index (χ0v) is 27.6. The highest BCUT2D eigenvalue weighted by molar-refractivity contribution is 9.10. The van der Waals surface area contributed by atoms with Gasteiger partial charge >= 0.3 is 17.9 Å². The highest BCUT2D eigenvalue weighted by Crippen LogP contribution is 2.40. The lowest BCUT2D eigenvalue weighted by molar-refractivity contribution is -0.161. The molecule has 39 heavy (non-hydrogen) atoms. The largest absolute Gasteiger partial charge is 0.469 e. The van der Waals surface area contributed by atoms with E-state index in [0.29, 0.717) is 6.61 Å². The van der Waals surface area contributed by atoms with Crippen molar-refractivity contribution in [2.75, 3.05) is 20.3 Å². The van der Waals surface area contributed by atoms with Crippen molar-refractivity contribution in [1.82, 2.24) is 0 Å². The molecule has 2 atom stereocenters. The first kappa shape index (κ1) is 37.9. The molecule has 0 spiro atoms. The Morgan fingerprint density at radius 1 is 0.667 bits per heavy atom. The molecular weight excluding hydrogens is 560 g/mol. The van der Waals surface area contributed by atoms with E-state index in [0.717, 1.165) is 19.3 Å². The third-order valence-electron chi connectivity index (χ3n) is 7.47. The molecule has 0 N–H and O–H groups in total. The highest BCUT2D eigenvalue weighted by Gasteiger charge is 2.45. The van der Waals surface area contributed by atoms with Crippen LogP contribution in [-0.2, 0) is 28.6 Å². The molecular formula is C32H59BrO6. The van der Waals surface area contributed by atoms with Crippen molar-refractivity contribution in [2.45, 2.75) is 155 Å². The van der Waals surface area contributed by atoms with Crippen molar-refractivity contribution < 1.29 is 28.6 Å². The van der Waals surface area contributed by atoms with E-state index >= 15 is 0 Å². The van der Waals surface area contributed by atoms with Crippen LogP contribution in [0.2, 0.25) is 0 Å². The van der Waals surface area contributed by atoms with E-state index in [1.165, 1.54) is 90.6 Å². The van der Waals surface area contributed by atoms with Crippen LogP contribution in [0.15, 0.2) is 0 Å². The summed E-state index contributed by atoms with van der Waals surface area (Å²) in [7, 11) is 1.32. The Kier molecular flexibility index (Phi) is 21.9. The maximum Gasteiger partial charge on any atom is 0.319 e. The minimum absolute atomic E-state index is 0.167. The molecule has 7 heteroatoms. The summed E-state index contributed by atoms with van der Waals surface area (Å²) in [5.74, 6) is -1.23. The minimum Gasteiger partial charge on any atom is -0.469 e. The number of carbonyl (C=O) groups excluding carboxylic acids is 3.